The number of amides is 1. The summed E-state index contributed by atoms with van der Waals surface area (Å²) in [6, 6.07) is 11.5. The molecule has 2 aromatic heterocycles. The van der Waals surface area contributed by atoms with E-state index in [0.717, 1.165) is 23.3 Å². The average molecular weight is 336 g/mol. The van der Waals surface area contributed by atoms with Gasteiger partial charge in [-0.25, -0.2) is 9.97 Å². The Morgan fingerprint density at radius 2 is 2.08 bits per heavy atom. The number of aliphatic hydroxyl groups is 1. The van der Waals surface area contributed by atoms with Gasteiger partial charge in [-0.2, -0.15) is 0 Å². The Balaban J connectivity index is 1.55. The molecule has 0 bridgehead atoms. The van der Waals surface area contributed by atoms with Crippen molar-refractivity contribution in [2.24, 2.45) is 5.92 Å². The highest BCUT2D eigenvalue weighted by molar-refractivity contribution is 5.94. The monoisotopic (exact) mass is 336 g/mol. The van der Waals surface area contributed by atoms with Gasteiger partial charge in [-0.05, 0) is 37.6 Å². The molecule has 1 fully saturated rings. The molecule has 0 saturated carbocycles. The minimum absolute atomic E-state index is 0.0299. The molecule has 3 heterocycles. The summed E-state index contributed by atoms with van der Waals surface area (Å²) in [5.41, 5.74) is 2.46. The lowest BCUT2D eigenvalue weighted by Crippen LogP contribution is -2.30. The van der Waals surface area contributed by atoms with Crippen LogP contribution in [0.15, 0.2) is 48.9 Å². The van der Waals surface area contributed by atoms with Gasteiger partial charge in [-0.15, -0.1) is 0 Å². The number of pyridine rings is 1. The van der Waals surface area contributed by atoms with Gasteiger partial charge >= 0.3 is 0 Å². The largest absolute Gasteiger partial charge is 0.393 e. The van der Waals surface area contributed by atoms with Gasteiger partial charge in [0.1, 0.15) is 12.1 Å². The molecule has 1 aromatic carbocycles. The Labute approximate surface area is 145 Å². The normalized spacial score (nSPS) is 18.6. The van der Waals surface area contributed by atoms with Crippen LogP contribution in [0, 0.1) is 5.92 Å². The van der Waals surface area contributed by atoms with Crippen molar-refractivity contribution in [3.8, 4) is 5.82 Å². The predicted molar refractivity (Wildman–Crippen MR) is 94.6 cm³/mol. The molecule has 1 saturated heterocycles. The molecule has 1 N–H and O–H groups in total. The summed E-state index contributed by atoms with van der Waals surface area (Å²) in [7, 11) is 0. The van der Waals surface area contributed by atoms with Gasteiger partial charge < -0.3 is 10.0 Å². The van der Waals surface area contributed by atoms with E-state index in [-0.39, 0.29) is 17.9 Å². The van der Waals surface area contributed by atoms with Crippen molar-refractivity contribution in [1.82, 2.24) is 19.4 Å². The van der Waals surface area contributed by atoms with Crippen LogP contribution in [0.25, 0.3) is 16.9 Å². The van der Waals surface area contributed by atoms with Crippen molar-refractivity contribution >= 4 is 16.9 Å². The Morgan fingerprint density at radius 1 is 1.24 bits per heavy atom. The standard InChI is InChI=1S/C19H20N4O2/c1-13(24)15-8-9-22(11-15)19(25)14-6-7-18(20-10-14)23-12-21-16-4-2-3-5-17(16)23/h2-7,10,12-13,15,24H,8-9,11H2,1H3. The summed E-state index contributed by atoms with van der Waals surface area (Å²) < 4.78 is 1.91. The number of rotatable bonds is 3. The number of aromatic nitrogens is 3. The summed E-state index contributed by atoms with van der Waals surface area (Å²) >= 11 is 0. The topological polar surface area (TPSA) is 71.2 Å². The summed E-state index contributed by atoms with van der Waals surface area (Å²) in [6.07, 6.45) is 3.81. The minimum atomic E-state index is -0.382. The SMILES string of the molecule is CC(O)C1CCN(C(=O)c2ccc(-n3cnc4ccccc43)nc2)C1. The number of benzene rings is 1. The number of likely N-dealkylation sites (tertiary alicyclic amines) is 1. The molecule has 2 atom stereocenters. The molecule has 4 rings (SSSR count). The average Bonchev–Trinajstić information content (AvgIpc) is 3.29. The first-order valence-corrected chi connectivity index (χ1v) is 8.49. The van der Waals surface area contributed by atoms with E-state index in [2.05, 4.69) is 9.97 Å². The number of carbonyl (C=O) groups excluding carboxylic acids is 1. The predicted octanol–water partition coefficient (Wildman–Crippen LogP) is 2.26. The van der Waals surface area contributed by atoms with Crippen LogP contribution in [0.4, 0.5) is 0 Å². The number of carbonyl (C=O) groups is 1. The third-order valence-corrected chi connectivity index (χ3v) is 4.89. The number of aliphatic hydroxyl groups excluding tert-OH is 1. The van der Waals surface area contributed by atoms with E-state index in [1.54, 1.807) is 30.4 Å². The lowest BCUT2D eigenvalue weighted by atomic mass is 10.0. The number of hydrogen-bond acceptors (Lipinski definition) is 4. The van der Waals surface area contributed by atoms with Gasteiger partial charge in [0, 0.05) is 25.2 Å². The number of fused-ring (bicyclic) bond motifs is 1. The van der Waals surface area contributed by atoms with E-state index < -0.39 is 0 Å². The second kappa shape index (κ2) is 6.29. The smallest absolute Gasteiger partial charge is 0.255 e. The molecule has 2 unspecified atom stereocenters. The van der Waals surface area contributed by atoms with Crippen LogP contribution >= 0.6 is 0 Å². The van der Waals surface area contributed by atoms with Gasteiger partial charge in [0.2, 0.25) is 0 Å². The van der Waals surface area contributed by atoms with Crippen molar-refractivity contribution in [3.05, 3.63) is 54.5 Å². The summed E-state index contributed by atoms with van der Waals surface area (Å²) in [5.74, 6) is 0.861. The van der Waals surface area contributed by atoms with Crippen LogP contribution in [-0.4, -0.2) is 49.6 Å². The third kappa shape index (κ3) is 2.89. The second-order valence-corrected chi connectivity index (χ2v) is 6.55. The molecular formula is C19H20N4O2. The van der Waals surface area contributed by atoms with Crippen molar-refractivity contribution < 1.29 is 9.90 Å². The third-order valence-electron chi connectivity index (χ3n) is 4.89. The van der Waals surface area contributed by atoms with E-state index in [4.69, 9.17) is 0 Å². The Kier molecular flexibility index (Phi) is 3.97. The van der Waals surface area contributed by atoms with E-state index in [1.807, 2.05) is 34.9 Å². The highest BCUT2D eigenvalue weighted by Crippen LogP contribution is 2.22. The Morgan fingerprint density at radius 3 is 2.80 bits per heavy atom. The number of imidazole rings is 1. The maximum absolute atomic E-state index is 12.6. The Bertz CT molecular complexity index is 901. The first kappa shape index (κ1) is 15.8. The molecule has 1 aliphatic rings. The molecule has 6 heteroatoms. The van der Waals surface area contributed by atoms with Crippen LogP contribution in [0.3, 0.4) is 0 Å². The maximum atomic E-state index is 12.6. The van der Waals surface area contributed by atoms with Crippen LogP contribution < -0.4 is 0 Å². The second-order valence-electron chi connectivity index (χ2n) is 6.55. The number of para-hydroxylation sites is 2. The van der Waals surface area contributed by atoms with Crippen LogP contribution in [0.5, 0.6) is 0 Å². The maximum Gasteiger partial charge on any atom is 0.255 e. The van der Waals surface area contributed by atoms with Crippen LogP contribution in [-0.2, 0) is 0 Å². The fourth-order valence-corrected chi connectivity index (χ4v) is 3.34. The lowest BCUT2D eigenvalue weighted by molar-refractivity contribution is 0.0762. The first-order valence-electron chi connectivity index (χ1n) is 8.49. The Hall–Kier alpha value is -2.73. The minimum Gasteiger partial charge on any atom is -0.393 e. The van der Waals surface area contributed by atoms with Crippen molar-refractivity contribution in [1.29, 1.82) is 0 Å². The quantitative estimate of drug-likeness (QED) is 0.796. The molecule has 6 nitrogen and oxygen atoms in total. The molecule has 128 valence electrons. The first-order chi connectivity index (χ1) is 12.1. The highest BCUT2D eigenvalue weighted by Gasteiger charge is 2.29. The fraction of sp³-hybridized carbons (Fsp3) is 0.316. The summed E-state index contributed by atoms with van der Waals surface area (Å²) in [6.45, 7) is 3.07. The van der Waals surface area contributed by atoms with Gasteiger partial charge in [-0.3, -0.25) is 9.36 Å². The molecule has 0 aliphatic carbocycles. The highest BCUT2D eigenvalue weighted by atomic mass is 16.3. The molecular weight excluding hydrogens is 316 g/mol. The van der Waals surface area contributed by atoms with Gasteiger partial charge in [0.05, 0.1) is 22.7 Å². The molecule has 1 aliphatic heterocycles. The number of nitrogens with zero attached hydrogens (tertiary/aromatic N) is 4. The van der Waals surface area contributed by atoms with Gasteiger partial charge in [0.25, 0.3) is 5.91 Å². The van der Waals surface area contributed by atoms with Crippen molar-refractivity contribution in [3.63, 3.8) is 0 Å². The van der Waals surface area contributed by atoms with E-state index in [0.29, 0.717) is 18.7 Å². The van der Waals surface area contributed by atoms with Crippen LogP contribution in [0.1, 0.15) is 23.7 Å². The van der Waals surface area contributed by atoms with Crippen LogP contribution in [0.2, 0.25) is 0 Å². The zero-order valence-corrected chi connectivity index (χ0v) is 14.0. The number of hydrogen-bond donors (Lipinski definition) is 1. The molecule has 3 aromatic rings. The fourth-order valence-electron chi connectivity index (χ4n) is 3.34. The lowest BCUT2D eigenvalue weighted by Gasteiger charge is -2.17. The zero-order valence-electron chi connectivity index (χ0n) is 14.0. The van der Waals surface area contributed by atoms with E-state index >= 15 is 0 Å². The van der Waals surface area contributed by atoms with Gasteiger partial charge in [-0.1, -0.05) is 12.1 Å². The summed E-state index contributed by atoms with van der Waals surface area (Å²) in [4.78, 5) is 23.2. The van der Waals surface area contributed by atoms with E-state index in [1.165, 1.54) is 0 Å². The van der Waals surface area contributed by atoms with Gasteiger partial charge in [0.15, 0.2) is 0 Å². The molecule has 1 amide bonds. The van der Waals surface area contributed by atoms with E-state index in [9.17, 15) is 9.90 Å². The molecule has 0 spiro atoms. The molecule has 0 radical (unpaired) electrons. The van der Waals surface area contributed by atoms with Crippen molar-refractivity contribution in [2.45, 2.75) is 19.4 Å². The summed E-state index contributed by atoms with van der Waals surface area (Å²) in [5, 5.41) is 9.69. The molecule has 25 heavy (non-hydrogen) atoms. The van der Waals surface area contributed by atoms with Crippen molar-refractivity contribution in [2.75, 3.05) is 13.1 Å². The zero-order chi connectivity index (χ0) is 17.4.